The van der Waals surface area contributed by atoms with E-state index >= 15 is 0 Å². The normalized spacial score (nSPS) is 16.1. The van der Waals surface area contributed by atoms with Gasteiger partial charge in [-0.2, -0.15) is 0 Å². The van der Waals surface area contributed by atoms with Crippen LogP contribution in [0.25, 0.3) is 0 Å². The monoisotopic (exact) mass is 267 g/mol. The highest BCUT2D eigenvalue weighted by Gasteiger charge is 2.49. The van der Waals surface area contributed by atoms with Crippen molar-refractivity contribution in [2.75, 3.05) is 13.2 Å². The third-order valence-electron chi connectivity index (χ3n) is 3.40. The van der Waals surface area contributed by atoms with Crippen molar-refractivity contribution < 1.29 is 19.0 Å². The smallest absolute Gasteiger partial charge is 0.310 e. The van der Waals surface area contributed by atoms with Crippen LogP contribution in [0.1, 0.15) is 25.3 Å². The van der Waals surface area contributed by atoms with E-state index < -0.39 is 11.4 Å². The van der Waals surface area contributed by atoms with Crippen LogP contribution in [0, 0.1) is 11.2 Å². The lowest BCUT2D eigenvalue weighted by atomic mass is 10.1. The predicted molar refractivity (Wildman–Crippen MR) is 68.6 cm³/mol. The Hall–Kier alpha value is -1.62. The molecule has 1 aromatic carbocycles. The zero-order chi connectivity index (χ0) is 13.9. The van der Waals surface area contributed by atoms with Crippen molar-refractivity contribution in [1.82, 2.24) is 5.32 Å². The summed E-state index contributed by atoms with van der Waals surface area (Å²) in [6.07, 6.45) is 1.43. The van der Waals surface area contributed by atoms with Crippen molar-refractivity contribution in [2.45, 2.75) is 26.3 Å². The molecule has 2 N–H and O–H groups in total. The number of rotatable bonds is 7. The maximum Gasteiger partial charge on any atom is 0.310 e. The van der Waals surface area contributed by atoms with Crippen molar-refractivity contribution >= 4 is 5.97 Å². The molecule has 0 aliphatic heterocycles. The molecule has 1 aliphatic carbocycles. The van der Waals surface area contributed by atoms with Gasteiger partial charge in [-0.05, 0) is 37.5 Å². The Morgan fingerprint density at radius 3 is 2.79 bits per heavy atom. The number of aliphatic carboxylic acids is 1. The summed E-state index contributed by atoms with van der Waals surface area (Å²) in [6, 6.07) is 4.79. The van der Waals surface area contributed by atoms with Crippen LogP contribution in [-0.4, -0.2) is 24.2 Å². The highest BCUT2D eigenvalue weighted by atomic mass is 19.1. The summed E-state index contributed by atoms with van der Waals surface area (Å²) in [4.78, 5) is 11.0. The van der Waals surface area contributed by atoms with Gasteiger partial charge in [0.1, 0.15) is 0 Å². The molecule has 19 heavy (non-hydrogen) atoms. The average molecular weight is 267 g/mol. The second kappa shape index (κ2) is 5.57. The van der Waals surface area contributed by atoms with Gasteiger partial charge in [0.2, 0.25) is 0 Å². The minimum atomic E-state index is -0.752. The molecule has 104 valence electrons. The van der Waals surface area contributed by atoms with Crippen LogP contribution in [0.2, 0.25) is 0 Å². The van der Waals surface area contributed by atoms with E-state index in [2.05, 4.69) is 5.32 Å². The maximum atomic E-state index is 13.6. The zero-order valence-electron chi connectivity index (χ0n) is 10.9. The van der Waals surface area contributed by atoms with E-state index in [0.29, 0.717) is 32.5 Å². The van der Waals surface area contributed by atoms with Crippen LogP contribution in [0.15, 0.2) is 18.2 Å². The molecule has 0 heterocycles. The number of carboxylic acid groups (broad SMARTS) is 1. The highest BCUT2D eigenvalue weighted by molar-refractivity contribution is 5.78. The molecule has 0 saturated heterocycles. The predicted octanol–water partition coefficient (Wildman–Crippen LogP) is 2.18. The molecule has 2 rings (SSSR count). The van der Waals surface area contributed by atoms with Crippen molar-refractivity contribution in [3.63, 3.8) is 0 Å². The van der Waals surface area contributed by atoms with Crippen LogP contribution in [0.4, 0.5) is 4.39 Å². The van der Waals surface area contributed by atoms with E-state index in [1.807, 2.05) is 0 Å². The van der Waals surface area contributed by atoms with E-state index in [1.165, 1.54) is 6.07 Å². The Labute approximate surface area is 111 Å². The number of halogens is 1. The second-order valence-electron chi connectivity index (χ2n) is 4.89. The summed E-state index contributed by atoms with van der Waals surface area (Å²) in [5.41, 5.74) is 0.186. The molecule has 0 amide bonds. The second-order valence-corrected chi connectivity index (χ2v) is 4.89. The molecule has 0 radical (unpaired) electrons. The van der Waals surface area contributed by atoms with Crippen LogP contribution in [0.3, 0.4) is 0 Å². The van der Waals surface area contributed by atoms with E-state index in [-0.39, 0.29) is 11.6 Å². The lowest BCUT2D eigenvalue weighted by molar-refractivity contribution is -0.143. The fourth-order valence-corrected chi connectivity index (χ4v) is 1.99. The summed E-state index contributed by atoms with van der Waals surface area (Å²) >= 11 is 0. The summed E-state index contributed by atoms with van der Waals surface area (Å²) in [6.45, 7) is 3.11. The molecule has 0 unspecified atom stereocenters. The fraction of sp³-hybridized carbons (Fsp3) is 0.500. The van der Waals surface area contributed by atoms with Crippen molar-refractivity contribution in [2.24, 2.45) is 5.41 Å². The number of hydrogen-bond donors (Lipinski definition) is 2. The Morgan fingerprint density at radius 2 is 2.26 bits per heavy atom. The van der Waals surface area contributed by atoms with Crippen molar-refractivity contribution in [3.05, 3.63) is 29.6 Å². The molecule has 5 heteroatoms. The van der Waals surface area contributed by atoms with Gasteiger partial charge < -0.3 is 15.2 Å². The Kier molecular flexibility index (Phi) is 4.04. The van der Waals surface area contributed by atoms with Gasteiger partial charge in [-0.1, -0.05) is 6.07 Å². The molecule has 1 aromatic rings. The van der Waals surface area contributed by atoms with Crippen LogP contribution in [-0.2, 0) is 11.3 Å². The van der Waals surface area contributed by atoms with E-state index in [9.17, 15) is 9.18 Å². The molecule has 0 spiro atoms. The van der Waals surface area contributed by atoms with Gasteiger partial charge in [0, 0.05) is 13.1 Å². The van der Waals surface area contributed by atoms with E-state index in [1.54, 1.807) is 19.1 Å². The quantitative estimate of drug-likeness (QED) is 0.795. The van der Waals surface area contributed by atoms with Gasteiger partial charge in [0.05, 0.1) is 12.0 Å². The number of nitrogens with one attached hydrogen (secondary N) is 1. The third kappa shape index (κ3) is 3.23. The summed E-state index contributed by atoms with van der Waals surface area (Å²) in [7, 11) is 0. The molecule has 0 aromatic heterocycles. The van der Waals surface area contributed by atoms with Gasteiger partial charge >= 0.3 is 5.97 Å². The Balaban J connectivity index is 1.86. The molecular formula is C14H18FNO3. The minimum Gasteiger partial charge on any atom is -0.491 e. The average Bonchev–Trinajstić information content (AvgIpc) is 3.14. The molecular weight excluding hydrogens is 249 g/mol. The molecule has 1 aliphatic rings. The number of ether oxygens (including phenoxy) is 1. The minimum absolute atomic E-state index is 0.246. The number of carboxylic acids is 1. The Bertz CT molecular complexity index is 472. The topological polar surface area (TPSA) is 58.6 Å². The maximum absolute atomic E-state index is 13.6. The van der Waals surface area contributed by atoms with Crippen molar-refractivity contribution in [3.8, 4) is 5.75 Å². The number of carbonyl (C=O) groups is 1. The van der Waals surface area contributed by atoms with E-state index in [0.717, 1.165) is 5.56 Å². The molecule has 0 bridgehead atoms. The number of hydrogen-bond acceptors (Lipinski definition) is 3. The molecule has 1 saturated carbocycles. The van der Waals surface area contributed by atoms with Gasteiger partial charge in [-0.25, -0.2) is 4.39 Å². The third-order valence-corrected chi connectivity index (χ3v) is 3.40. The molecule has 1 fully saturated rings. The first-order valence-corrected chi connectivity index (χ1v) is 6.43. The van der Waals surface area contributed by atoms with Crippen molar-refractivity contribution in [1.29, 1.82) is 0 Å². The lowest BCUT2D eigenvalue weighted by Gasteiger charge is -2.11. The summed E-state index contributed by atoms with van der Waals surface area (Å²) in [5.74, 6) is -0.895. The SMILES string of the molecule is CCOc1ccc(CNCC2(C(=O)O)CC2)cc1F. The van der Waals surface area contributed by atoms with Crippen LogP contribution in [0.5, 0.6) is 5.75 Å². The first-order valence-electron chi connectivity index (χ1n) is 6.43. The first-order chi connectivity index (χ1) is 9.07. The fourth-order valence-electron chi connectivity index (χ4n) is 1.99. The van der Waals surface area contributed by atoms with Gasteiger partial charge in [0.15, 0.2) is 11.6 Å². The number of benzene rings is 1. The van der Waals surface area contributed by atoms with Crippen LogP contribution >= 0.6 is 0 Å². The highest BCUT2D eigenvalue weighted by Crippen LogP contribution is 2.45. The lowest BCUT2D eigenvalue weighted by Crippen LogP contribution is -2.29. The van der Waals surface area contributed by atoms with Gasteiger partial charge in [-0.15, -0.1) is 0 Å². The zero-order valence-corrected chi connectivity index (χ0v) is 10.9. The van der Waals surface area contributed by atoms with Gasteiger partial charge in [0.25, 0.3) is 0 Å². The van der Waals surface area contributed by atoms with Gasteiger partial charge in [-0.3, -0.25) is 4.79 Å². The largest absolute Gasteiger partial charge is 0.491 e. The van der Waals surface area contributed by atoms with E-state index in [4.69, 9.17) is 9.84 Å². The standard InChI is InChI=1S/C14H18FNO3/c1-2-19-12-4-3-10(7-11(12)15)8-16-9-14(5-6-14)13(17)18/h3-4,7,16H,2,5-6,8-9H2,1H3,(H,17,18). The van der Waals surface area contributed by atoms with Crippen LogP contribution < -0.4 is 10.1 Å². The summed E-state index contributed by atoms with van der Waals surface area (Å²) in [5, 5.41) is 12.1. The molecule has 0 atom stereocenters. The Morgan fingerprint density at radius 1 is 1.53 bits per heavy atom. The summed E-state index contributed by atoms with van der Waals surface area (Å²) < 4.78 is 18.7. The first kappa shape index (κ1) is 13.8. The molecule has 4 nitrogen and oxygen atoms in total.